The Morgan fingerprint density at radius 2 is 1.67 bits per heavy atom. The smallest absolute Gasteiger partial charge is 0.478 e. The van der Waals surface area contributed by atoms with Gasteiger partial charge in [-0.15, -0.1) is 0 Å². The van der Waals surface area contributed by atoms with Crippen molar-refractivity contribution in [1.29, 1.82) is 0 Å². The minimum absolute atomic E-state index is 0.0363. The molecule has 2 amide bonds. The molecule has 1 aliphatic heterocycles. The summed E-state index contributed by atoms with van der Waals surface area (Å²) in [6.45, 7) is 0.723. The zero-order chi connectivity index (χ0) is 42.8. The van der Waals surface area contributed by atoms with Crippen molar-refractivity contribution in [2.45, 2.75) is 50.9 Å². The molecule has 57 heavy (non-hydrogen) atoms. The third kappa shape index (κ3) is 14.7. The van der Waals surface area contributed by atoms with Gasteiger partial charge in [-0.25, -0.2) is 33.4 Å². The van der Waals surface area contributed by atoms with E-state index in [0.29, 0.717) is 17.9 Å². The summed E-state index contributed by atoms with van der Waals surface area (Å²) in [4.78, 5) is 84.8. The quantitative estimate of drug-likeness (QED) is 0.0544. The van der Waals surface area contributed by atoms with Crippen LogP contribution in [0.1, 0.15) is 36.9 Å². The maximum atomic E-state index is 12.6. The van der Waals surface area contributed by atoms with Gasteiger partial charge in [-0.05, 0) is 12.1 Å². The second-order valence-electron chi connectivity index (χ2n) is 12.5. The molecule has 7 atom stereocenters. The van der Waals surface area contributed by atoms with E-state index in [-0.39, 0.29) is 35.9 Å². The Labute approximate surface area is 328 Å². The van der Waals surface area contributed by atoms with Gasteiger partial charge in [0.15, 0.2) is 17.7 Å². The monoisotopic (exact) mass is 889 g/mol. The SMILES string of the molecule is CC(C)(COP(=O)(O)OP(=O)(O)OC[C@H]1O[C@@H](n2cnc3c(N)ncnc32)[C@H](O)[C@@H]1OP(=O)(O)O)[C@@H](O)C(=O)NCCC(=O)NCCS.O=C(O)c1ccccc1. The van der Waals surface area contributed by atoms with E-state index in [4.69, 9.17) is 24.6 Å². The molecular formula is C28H42N7O18P3S. The molecule has 1 aliphatic rings. The number of carboxylic acid groups (broad SMARTS) is 1. The van der Waals surface area contributed by atoms with E-state index in [1.54, 1.807) is 30.3 Å². The van der Waals surface area contributed by atoms with Crippen LogP contribution in [0.2, 0.25) is 0 Å². The maximum Gasteiger partial charge on any atom is 0.481 e. The van der Waals surface area contributed by atoms with Crippen LogP contribution in [0.5, 0.6) is 0 Å². The number of benzene rings is 1. The molecule has 0 saturated carbocycles. The Balaban J connectivity index is 0.000000847. The van der Waals surface area contributed by atoms with Crippen LogP contribution in [-0.2, 0) is 45.9 Å². The van der Waals surface area contributed by atoms with Gasteiger partial charge in [0.25, 0.3) is 0 Å². The van der Waals surface area contributed by atoms with E-state index in [0.717, 1.165) is 17.2 Å². The number of aliphatic hydroxyl groups excluding tert-OH is 2. The largest absolute Gasteiger partial charge is 0.481 e. The first-order valence-corrected chi connectivity index (χ1v) is 21.4. The molecule has 4 rings (SSSR count). The predicted octanol–water partition coefficient (Wildman–Crippen LogP) is -0.280. The van der Waals surface area contributed by atoms with Crippen molar-refractivity contribution < 1.29 is 85.6 Å². The van der Waals surface area contributed by atoms with Gasteiger partial charge >= 0.3 is 29.4 Å². The summed E-state index contributed by atoms with van der Waals surface area (Å²) in [6, 6.07) is 8.30. The fraction of sp³-hybridized carbons (Fsp3) is 0.500. The van der Waals surface area contributed by atoms with Gasteiger partial charge in [-0.1, -0.05) is 32.0 Å². The number of rotatable bonds is 19. The van der Waals surface area contributed by atoms with Crippen LogP contribution in [0.3, 0.4) is 0 Å². The number of amides is 2. The molecule has 25 nitrogen and oxygen atoms in total. The lowest BCUT2D eigenvalue weighted by atomic mass is 9.87. The molecule has 2 unspecified atom stereocenters. The van der Waals surface area contributed by atoms with Crippen LogP contribution in [0.15, 0.2) is 43.0 Å². The molecule has 3 heterocycles. The van der Waals surface area contributed by atoms with E-state index in [1.165, 1.54) is 13.8 Å². The number of nitrogens with zero attached hydrogens (tertiary/aromatic N) is 4. The first kappa shape index (κ1) is 48.0. The van der Waals surface area contributed by atoms with E-state index in [9.17, 15) is 57.9 Å². The summed E-state index contributed by atoms with van der Waals surface area (Å²) >= 11 is 3.95. The Morgan fingerprint density at radius 1 is 1.02 bits per heavy atom. The Hall–Kier alpha value is -3.42. The van der Waals surface area contributed by atoms with Crippen molar-refractivity contribution in [2.75, 3.05) is 37.8 Å². The number of nitrogen functional groups attached to an aromatic ring is 1. The van der Waals surface area contributed by atoms with E-state index < -0.39 is 84.6 Å². The first-order chi connectivity index (χ1) is 26.5. The van der Waals surface area contributed by atoms with Crippen molar-refractivity contribution in [3.8, 4) is 0 Å². The van der Waals surface area contributed by atoms with Crippen molar-refractivity contribution >= 4 is 70.9 Å². The molecule has 318 valence electrons. The van der Waals surface area contributed by atoms with Gasteiger partial charge in [-0.2, -0.15) is 16.9 Å². The number of phosphoric acid groups is 3. The van der Waals surface area contributed by atoms with Gasteiger partial charge < -0.3 is 56.0 Å². The van der Waals surface area contributed by atoms with Gasteiger partial charge in [-0.3, -0.25) is 27.7 Å². The highest BCUT2D eigenvalue weighted by Gasteiger charge is 2.50. The van der Waals surface area contributed by atoms with Crippen LogP contribution in [0.4, 0.5) is 5.82 Å². The highest BCUT2D eigenvalue weighted by molar-refractivity contribution is 7.80. The summed E-state index contributed by atoms with van der Waals surface area (Å²) in [7, 11) is -16.3. The normalized spacial score (nSPS) is 21.1. The van der Waals surface area contributed by atoms with Crippen molar-refractivity contribution in [1.82, 2.24) is 30.2 Å². The standard InChI is InChI=1S/C21H36N7O16P3S.C7H6O2/c1-21(2,16(31)19(32)24-4-3-12(29)23-5-6-48)8-41-47(38,39)44-46(36,37)40-7-11-15(43-45(33,34)35)14(30)20(42-11)28-10-27-13-17(22)25-9-26-18(13)28;8-7(9)6-4-2-1-3-5-6/h9-11,14-16,20,30-31,48H,3-8H2,1-2H3,(H,23,29)(H,24,32)(H,36,37)(H,38,39)(H2,22,25,26)(H2,33,34,35);1-5H,(H,8,9)/t11-,14-,15-,16+,20-;/m1./s1. The second kappa shape index (κ2) is 20.5. The molecule has 0 bridgehead atoms. The summed E-state index contributed by atoms with van der Waals surface area (Å²) in [5.41, 5.74) is 4.63. The number of nitrogens with one attached hydrogen (secondary N) is 2. The third-order valence-electron chi connectivity index (χ3n) is 7.53. The number of hydrogen-bond donors (Lipinski definition) is 11. The molecule has 1 aromatic carbocycles. The number of phosphoric ester groups is 3. The number of carbonyl (C=O) groups is 3. The number of thiol groups is 1. The lowest BCUT2D eigenvalue weighted by Crippen LogP contribution is -2.46. The number of carbonyl (C=O) groups excluding carboxylic acids is 2. The third-order valence-corrected chi connectivity index (χ3v) is 10.9. The highest BCUT2D eigenvalue weighted by Crippen LogP contribution is 2.61. The fourth-order valence-electron chi connectivity index (χ4n) is 4.72. The Bertz CT molecular complexity index is 1990. The van der Waals surface area contributed by atoms with Crippen molar-refractivity contribution in [3.05, 3.63) is 48.5 Å². The average molecular weight is 890 g/mol. The van der Waals surface area contributed by atoms with Crippen molar-refractivity contribution in [2.24, 2.45) is 5.41 Å². The minimum Gasteiger partial charge on any atom is -0.478 e. The van der Waals surface area contributed by atoms with E-state index in [1.807, 2.05) is 0 Å². The summed E-state index contributed by atoms with van der Waals surface area (Å²) in [5, 5.41) is 34.5. The van der Waals surface area contributed by atoms with Crippen molar-refractivity contribution in [3.63, 3.8) is 0 Å². The number of nitrogens with two attached hydrogens (primary N) is 1. The molecule has 29 heteroatoms. The number of anilines is 1. The molecule has 2 aromatic heterocycles. The minimum atomic E-state index is -5.54. The molecule has 3 aromatic rings. The summed E-state index contributed by atoms with van der Waals surface area (Å²) in [6.07, 6.45) is -6.74. The number of hydrogen-bond acceptors (Lipinski definition) is 18. The average Bonchev–Trinajstić information content (AvgIpc) is 3.69. The van der Waals surface area contributed by atoms with Gasteiger partial charge in [0, 0.05) is 30.7 Å². The first-order valence-electron chi connectivity index (χ1n) is 16.2. The maximum absolute atomic E-state index is 12.6. The summed E-state index contributed by atoms with van der Waals surface area (Å²) in [5.74, 6) is -1.82. The number of fused-ring (bicyclic) bond motifs is 1. The lowest BCUT2D eigenvalue weighted by Gasteiger charge is -2.30. The van der Waals surface area contributed by atoms with Crippen LogP contribution in [0.25, 0.3) is 11.2 Å². The predicted molar refractivity (Wildman–Crippen MR) is 197 cm³/mol. The number of ether oxygens (including phenoxy) is 1. The molecule has 1 saturated heterocycles. The second-order valence-corrected chi connectivity index (χ2v) is 17.1. The topological polar surface area (TPSA) is 384 Å². The zero-order valence-electron chi connectivity index (χ0n) is 29.9. The molecule has 11 N–H and O–H groups in total. The molecular weight excluding hydrogens is 847 g/mol. The summed E-state index contributed by atoms with van der Waals surface area (Å²) < 4.78 is 61.7. The highest BCUT2D eigenvalue weighted by atomic mass is 32.1. The number of carboxylic acids is 1. The Morgan fingerprint density at radius 3 is 2.26 bits per heavy atom. The fourth-order valence-corrected chi connectivity index (χ4v) is 7.66. The number of aliphatic hydroxyl groups is 2. The van der Waals surface area contributed by atoms with E-state index in [2.05, 4.69) is 47.0 Å². The molecule has 0 spiro atoms. The van der Waals surface area contributed by atoms with E-state index >= 15 is 0 Å². The molecule has 0 aliphatic carbocycles. The molecule has 0 radical (unpaired) electrons. The Kier molecular flexibility index (Phi) is 17.3. The van der Waals surface area contributed by atoms with Gasteiger partial charge in [0.05, 0.1) is 25.1 Å². The van der Waals surface area contributed by atoms with Crippen LogP contribution in [0, 0.1) is 5.41 Å². The van der Waals surface area contributed by atoms with Gasteiger partial charge in [0.2, 0.25) is 11.8 Å². The zero-order valence-corrected chi connectivity index (χ0v) is 33.5. The number of aromatic nitrogens is 4. The number of imidazole rings is 1. The lowest BCUT2D eigenvalue weighted by molar-refractivity contribution is -0.137. The number of aromatic carboxylic acids is 1. The van der Waals surface area contributed by atoms with Crippen LogP contribution >= 0.6 is 36.1 Å². The molecule has 1 fully saturated rings. The van der Waals surface area contributed by atoms with Crippen LogP contribution < -0.4 is 16.4 Å². The van der Waals surface area contributed by atoms with Crippen LogP contribution in [-0.4, -0.2) is 129 Å². The van der Waals surface area contributed by atoms with Gasteiger partial charge in [0.1, 0.15) is 36.3 Å².